The Hall–Kier alpha value is -2.04. The summed E-state index contributed by atoms with van der Waals surface area (Å²) in [7, 11) is 0. The Morgan fingerprint density at radius 2 is 1.90 bits per heavy atom. The number of benzene rings is 1. The molecule has 1 aliphatic carbocycles. The predicted molar refractivity (Wildman–Crippen MR) is 77.4 cm³/mol. The van der Waals surface area contributed by atoms with Crippen molar-refractivity contribution in [3.63, 3.8) is 0 Å². The maximum atomic E-state index is 9.06. The number of nitrogens with two attached hydrogens (primary N) is 1. The van der Waals surface area contributed by atoms with Gasteiger partial charge in [0.15, 0.2) is 0 Å². The summed E-state index contributed by atoms with van der Waals surface area (Å²) in [4.78, 5) is 3.32. The lowest BCUT2D eigenvalue weighted by molar-refractivity contribution is -0.155. The highest BCUT2D eigenvalue weighted by Gasteiger charge is 2.61. The Morgan fingerprint density at radius 3 is 2.40 bits per heavy atom. The van der Waals surface area contributed by atoms with Crippen LogP contribution in [0.3, 0.4) is 0 Å². The van der Waals surface area contributed by atoms with Crippen LogP contribution < -0.4 is 10.5 Å². The second kappa shape index (κ2) is 4.51. The average molecular weight is 269 g/mol. The van der Waals surface area contributed by atoms with Crippen molar-refractivity contribution in [1.82, 2.24) is 0 Å². The molecule has 0 spiro atoms. The number of ether oxygens (including phenoxy) is 1. The third-order valence-electron chi connectivity index (χ3n) is 4.42. The van der Waals surface area contributed by atoms with Gasteiger partial charge in [-0.3, -0.25) is 0 Å². The van der Waals surface area contributed by atoms with Gasteiger partial charge in [0.1, 0.15) is 11.9 Å². The minimum Gasteiger partial charge on any atom is -0.489 e. The van der Waals surface area contributed by atoms with Crippen molar-refractivity contribution >= 4 is 5.69 Å². The lowest BCUT2D eigenvalue weighted by atomic mass is 9.50. The summed E-state index contributed by atoms with van der Waals surface area (Å²) in [6.45, 7) is 15.4. The van der Waals surface area contributed by atoms with E-state index in [1.54, 1.807) is 18.2 Å². The zero-order chi connectivity index (χ0) is 15.1. The molecule has 2 N–H and O–H groups in total. The quantitative estimate of drug-likeness (QED) is 0.838. The average Bonchev–Trinajstić information content (AvgIpc) is 2.43. The van der Waals surface area contributed by atoms with Crippen LogP contribution in [0.25, 0.3) is 4.85 Å². The largest absolute Gasteiger partial charge is 0.489 e. The summed E-state index contributed by atoms with van der Waals surface area (Å²) in [5.74, 6) is 0.618. The van der Waals surface area contributed by atoms with E-state index < -0.39 is 0 Å². The number of hydrogen-bond acceptors (Lipinski definition) is 3. The molecule has 0 amide bonds. The van der Waals surface area contributed by atoms with E-state index in [0.29, 0.717) is 17.0 Å². The van der Waals surface area contributed by atoms with Crippen LogP contribution in [-0.4, -0.2) is 12.1 Å². The Morgan fingerprint density at radius 1 is 1.30 bits per heavy atom. The molecule has 1 aliphatic rings. The fraction of sp³-hybridized carbons (Fsp3) is 0.500. The topological polar surface area (TPSA) is 63.4 Å². The van der Waals surface area contributed by atoms with E-state index in [0.717, 1.165) is 0 Å². The van der Waals surface area contributed by atoms with Crippen molar-refractivity contribution in [1.29, 1.82) is 5.26 Å². The van der Waals surface area contributed by atoms with Gasteiger partial charge in [-0.15, -0.1) is 0 Å². The molecular weight excluding hydrogens is 250 g/mol. The molecule has 0 aliphatic heterocycles. The van der Waals surface area contributed by atoms with Crippen LogP contribution in [0.5, 0.6) is 5.75 Å². The van der Waals surface area contributed by atoms with E-state index in [1.165, 1.54) is 0 Å². The van der Waals surface area contributed by atoms with Crippen LogP contribution in [0, 0.1) is 28.7 Å². The van der Waals surface area contributed by atoms with Gasteiger partial charge in [-0.2, -0.15) is 5.26 Å². The van der Waals surface area contributed by atoms with Crippen molar-refractivity contribution < 1.29 is 4.74 Å². The standard InChI is InChI=1S/C16H19N3O/c1-15(2)13(18)16(3,4)14(15)20-11-6-7-12(19-5)10(8-11)9-17/h6-8,13-14H,18H2,1-4H3. The zero-order valence-electron chi connectivity index (χ0n) is 12.3. The summed E-state index contributed by atoms with van der Waals surface area (Å²) < 4.78 is 6.06. The van der Waals surface area contributed by atoms with E-state index in [2.05, 4.69) is 32.5 Å². The molecule has 0 atom stereocenters. The third-order valence-corrected chi connectivity index (χ3v) is 4.42. The van der Waals surface area contributed by atoms with Crippen molar-refractivity contribution in [2.75, 3.05) is 0 Å². The van der Waals surface area contributed by atoms with Crippen LogP contribution in [0.4, 0.5) is 5.69 Å². The first-order chi connectivity index (χ1) is 9.25. The smallest absolute Gasteiger partial charge is 0.204 e. The maximum absolute atomic E-state index is 9.06. The lowest BCUT2D eigenvalue weighted by Gasteiger charge is -2.61. The normalized spacial score (nSPS) is 25.9. The molecule has 1 saturated carbocycles. The van der Waals surface area contributed by atoms with E-state index in [-0.39, 0.29) is 23.0 Å². The molecule has 2 rings (SSSR count). The molecule has 0 heterocycles. The second-order valence-electron chi connectivity index (χ2n) is 6.52. The van der Waals surface area contributed by atoms with Gasteiger partial charge in [0.2, 0.25) is 5.69 Å². The fourth-order valence-electron chi connectivity index (χ4n) is 3.36. The van der Waals surface area contributed by atoms with Gasteiger partial charge in [0, 0.05) is 16.9 Å². The van der Waals surface area contributed by atoms with Crippen LogP contribution in [-0.2, 0) is 0 Å². The molecule has 0 aromatic heterocycles. The first-order valence-electron chi connectivity index (χ1n) is 6.59. The Bertz CT molecular complexity index is 604. The predicted octanol–water partition coefficient (Wildman–Crippen LogP) is 3.25. The Kier molecular flexibility index (Phi) is 3.24. The summed E-state index contributed by atoms with van der Waals surface area (Å²) in [5, 5.41) is 9.06. The third kappa shape index (κ3) is 1.94. The highest BCUT2D eigenvalue weighted by molar-refractivity contribution is 5.60. The maximum Gasteiger partial charge on any atom is 0.204 e. The molecular formula is C16H19N3O. The summed E-state index contributed by atoms with van der Waals surface area (Å²) >= 11 is 0. The van der Waals surface area contributed by atoms with E-state index in [4.69, 9.17) is 22.3 Å². The van der Waals surface area contributed by atoms with Gasteiger partial charge in [-0.05, 0) is 12.1 Å². The SMILES string of the molecule is [C-]#[N+]c1ccc(OC2C(C)(C)C(N)C2(C)C)cc1C#N. The summed E-state index contributed by atoms with van der Waals surface area (Å²) in [6.07, 6.45) is -0.0182. The molecule has 0 radical (unpaired) electrons. The molecule has 0 bridgehead atoms. The minimum absolute atomic E-state index is 0.0182. The number of nitriles is 1. The van der Waals surface area contributed by atoms with E-state index in [9.17, 15) is 0 Å². The molecule has 0 saturated heterocycles. The molecule has 1 fully saturated rings. The van der Waals surface area contributed by atoms with Crippen molar-refractivity contribution in [3.05, 3.63) is 35.2 Å². The molecule has 1 aromatic carbocycles. The molecule has 4 nitrogen and oxygen atoms in total. The Labute approximate surface area is 120 Å². The van der Waals surface area contributed by atoms with Crippen molar-refractivity contribution in [2.24, 2.45) is 16.6 Å². The number of hydrogen-bond donors (Lipinski definition) is 1. The number of rotatable bonds is 2. The van der Waals surface area contributed by atoms with Crippen LogP contribution in [0.2, 0.25) is 0 Å². The van der Waals surface area contributed by atoms with Gasteiger partial charge >= 0.3 is 0 Å². The zero-order valence-corrected chi connectivity index (χ0v) is 12.3. The molecule has 4 heteroatoms. The van der Waals surface area contributed by atoms with E-state index >= 15 is 0 Å². The highest BCUT2D eigenvalue weighted by atomic mass is 16.5. The van der Waals surface area contributed by atoms with Gasteiger partial charge in [-0.1, -0.05) is 33.8 Å². The first-order valence-corrected chi connectivity index (χ1v) is 6.59. The van der Waals surface area contributed by atoms with Gasteiger partial charge in [0.05, 0.1) is 18.2 Å². The van der Waals surface area contributed by atoms with Crippen LogP contribution in [0.15, 0.2) is 18.2 Å². The minimum atomic E-state index is -0.116. The van der Waals surface area contributed by atoms with Crippen LogP contribution in [0.1, 0.15) is 33.3 Å². The second-order valence-corrected chi connectivity index (χ2v) is 6.52. The van der Waals surface area contributed by atoms with Gasteiger partial charge in [0.25, 0.3) is 0 Å². The monoisotopic (exact) mass is 269 g/mol. The first kappa shape index (κ1) is 14.4. The van der Waals surface area contributed by atoms with Crippen LogP contribution >= 0.6 is 0 Å². The summed E-state index contributed by atoms with van der Waals surface area (Å²) in [6, 6.07) is 7.09. The van der Waals surface area contributed by atoms with Gasteiger partial charge in [-0.25, -0.2) is 4.85 Å². The molecule has 0 unspecified atom stereocenters. The molecule has 20 heavy (non-hydrogen) atoms. The fourth-order valence-corrected chi connectivity index (χ4v) is 3.36. The highest BCUT2D eigenvalue weighted by Crippen LogP contribution is 2.54. The summed E-state index contributed by atoms with van der Waals surface area (Å²) in [5.41, 5.74) is 6.67. The number of nitrogens with zero attached hydrogens (tertiary/aromatic N) is 2. The van der Waals surface area contributed by atoms with Crippen molar-refractivity contribution in [3.8, 4) is 11.8 Å². The van der Waals surface area contributed by atoms with E-state index in [1.807, 2.05) is 6.07 Å². The van der Waals surface area contributed by atoms with Crippen molar-refractivity contribution in [2.45, 2.75) is 39.8 Å². The Balaban J connectivity index is 2.28. The lowest BCUT2D eigenvalue weighted by Crippen LogP contribution is -2.72. The molecule has 1 aromatic rings. The molecule has 104 valence electrons. The van der Waals surface area contributed by atoms with Gasteiger partial charge < -0.3 is 10.5 Å².